The van der Waals surface area contributed by atoms with E-state index >= 15 is 0 Å². The molecule has 0 aliphatic carbocycles. The van der Waals surface area contributed by atoms with Gasteiger partial charge in [0, 0.05) is 5.69 Å². The van der Waals surface area contributed by atoms with Gasteiger partial charge >= 0.3 is 5.97 Å². The zero-order valence-electron chi connectivity index (χ0n) is 19.4. The Morgan fingerprint density at radius 3 is 2.54 bits per heavy atom. The van der Waals surface area contributed by atoms with Crippen molar-refractivity contribution in [1.82, 2.24) is 10.0 Å². The van der Waals surface area contributed by atoms with Gasteiger partial charge in [-0.3, -0.25) is 10.1 Å². The molecule has 0 spiro atoms. The summed E-state index contributed by atoms with van der Waals surface area (Å²) in [4.78, 5) is 26.2. The third-order valence-electron chi connectivity index (χ3n) is 6.54. The lowest BCUT2D eigenvalue weighted by Crippen LogP contribution is -2.66. The maximum Gasteiger partial charge on any atom is 0.331 e. The third kappa shape index (κ3) is 5.22. The Morgan fingerprint density at radius 2 is 1.86 bits per heavy atom. The largest absolute Gasteiger partial charge is 0.480 e. The van der Waals surface area contributed by atoms with Crippen molar-refractivity contribution in [3.8, 4) is 0 Å². The fraction of sp³-hybridized carbons (Fsp3) is 0.308. The van der Waals surface area contributed by atoms with Gasteiger partial charge < -0.3 is 10.8 Å². The van der Waals surface area contributed by atoms with Crippen LogP contribution in [0.3, 0.4) is 0 Å². The van der Waals surface area contributed by atoms with Crippen LogP contribution in [0.4, 0.5) is 5.69 Å². The molecule has 184 valence electrons. The van der Waals surface area contributed by atoms with Crippen LogP contribution in [0.15, 0.2) is 71.6 Å². The number of nitrogens with one attached hydrogen (secondary N) is 2. The van der Waals surface area contributed by atoms with Crippen molar-refractivity contribution in [2.45, 2.75) is 42.7 Å². The van der Waals surface area contributed by atoms with E-state index in [1.807, 2.05) is 25.1 Å². The molecule has 5 N–H and O–H groups in total. The van der Waals surface area contributed by atoms with Crippen molar-refractivity contribution < 1.29 is 23.1 Å². The molecule has 8 nitrogen and oxygen atoms in total. The smallest absolute Gasteiger partial charge is 0.331 e. The van der Waals surface area contributed by atoms with Crippen LogP contribution >= 0.6 is 0 Å². The molecule has 35 heavy (non-hydrogen) atoms. The number of hydrogen-bond donors (Lipinski definition) is 4. The molecule has 1 aliphatic rings. The van der Waals surface area contributed by atoms with Crippen LogP contribution in [0, 0.1) is 5.92 Å². The molecule has 0 amide bonds. The number of nitrogen functional groups attached to an aromatic ring is 1. The summed E-state index contributed by atoms with van der Waals surface area (Å²) in [6.45, 7) is 2.24. The summed E-state index contributed by atoms with van der Waals surface area (Å²) in [7, 11) is -4.15. The normalized spacial score (nSPS) is 21.5. The van der Waals surface area contributed by atoms with E-state index in [1.165, 1.54) is 12.1 Å². The minimum absolute atomic E-state index is 0.00378. The first-order valence-corrected chi connectivity index (χ1v) is 13.0. The summed E-state index contributed by atoms with van der Waals surface area (Å²) in [5.74, 6) is -2.04. The number of nitrogens with two attached hydrogens (primary N) is 1. The molecule has 9 heteroatoms. The molecule has 1 aliphatic heterocycles. The van der Waals surface area contributed by atoms with E-state index in [4.69, 9.17) is 5.73 Å². The first kappa shape index (κ1) is 24.8. The fourth-order valence-electron chi connectivity index (χ4n) is 4.72. The molecule has 1 saturated heterocycles. The van der Waals surface area contributed by atoms with E-state index < -0.39 is 33.4 Å². The lowest BCUT2D eigenvalue weighted by atomic mass is 9.77. The standard InChI is InChI=1S/C26H29N3O5S/c1-17-11-12-28-26(16-17,25(31)32)24(30)23(14-18-5-4-8-21(27)13-18)29-35(33,34)22-10-9-19-6-2-3-7-20(19)15-22/h2-10,13,15,17,23,28-29H,11-12,14,16,27H2,1H3,(H,31,32)/t17?,23-,26?/m0/s1. The van der Waals surface area contributed by atoms with Gasteiger partial charge in [0.05, 0.1) is 10.9 Å². The van der Waals surface area contributed by atoms with Crippen LogP contribution in [0.2, 0.25) is 0 Å². The van der Waals surface area contributed by atoms with Crippen LogP contribution in [0.25, 0.3) is 10.8 Å². The Morgan fingerprint density at radius 1 is 1.11 bits per heavy atom. The quantitative estimate of drug-likeness (QED) is 0.278. The van der Waals surface area contributed by atoms with Crippen LogP contribution in [-0.4, -0.2) is 43.4 Å². The van der Waals surface area contributed by atoms with Gasteiger partial charge in [0.25, 0.3) is 0 Å². The van der Waals surface area contributed by atoms with Gasteiger partial charge in [-0.1, -0.05) is 49.4 Å². The molecular formula is C26H29N3O5S. The number of sulfonamides is 1. The SMILES string of the molecule is CC1CCNC(C(=O)O)(C(=O)[C@H](Cc2cccc(N)c2)NS(=O)(=O)c2ccc3ccccc3c2)C1. The van der Waals surface area contributed by atoms with Crippen molar-refractivity contribution in [3.63, 3.8) is 0 Å². The zero-order valence-corrected chi connectivity index (χ0v) is 20.2. The second kappa shape index (κ2) is 9.77. The number of fused-ring (bicyclic) bond motifs is 1. The van der Waals surface area contributed by atoms with Gasteiger partial charge in [0.1, 0.15) is 0 Å². The Kier molecular flexibility index (Phi) is 6.93. The van der Waals surface area contributed by atoms with Gasteiger partial charge in [-0.15, -0.1) is 0 Å². The molecule has 1 fully saturated rings. The number of Topliss-reactive ketones (excluding diaryl/α,β-unsaturated/α-hetero) is 1. The van der Waals surface area contributed by atoms with Crippen molar-refractivity contribution in [1.29, 1.82) is 0 Å². The van der Waals surface area contributed by atoms with E-state index in [9.17, 15) is 23.1 Å². The number of carbonyl (C=O) groups excluding carboxylic acids is 1. The molecule has 0 radical (unpaired) electrons. The number of aliphatic carboxylic acids is 1. The van der Waals surface area contributed by atoms with E-state index in [2.05, 4.69) is 10.0 Å². The summed E-state index contributed by atoms with van der Waals surface area (Å²) in [6.07, 6.45) is 0.763. The summed E-state index contributed by atoms with van der Waals surface area (Å²) < 4.78 is 29.3. The van der Waals surface area contributed by atoms with Crippen molar-refractivity contribution >= 4 is 38.2 Å². The summed E-state index contributed by atoms with van der Waals surface area (Å²) >= 11 is 0. The molecule has 3 aromatic carbocycles. The van der Waals surface area contributed by atoms with Gasteiger partial charge in [-0.05, 0) is 72.3 Å². The molecule has 1 heterocycles. The average molecular weight is 496 g/mol. The molecule has 3 atom stereocenters. The molecule has 0 saturated carbocycles. The van der Waals surface area contributed by atoms with Crippen LogP contribution in [-0.2, 0) is 26.0 Å². The first-order chi connectivity index (χ1) is 16.6. The average Bonchev–Trinajstić information content (AvgIpc) is 2.82. The number of carboxylic acids is 1. The highest BCUT2D eigenvalue weighted by atomic mass is 32.2. The molecule has 0 bridgehead atoms. The molecule has 3 aromatic rings. The van der Waals surface area contributed by atoms with Crippen molar-refractivity contribution in [3.05, 3.63) is 72.3 Å². The van der Waals surface area contributed by atoms with Gasteiger partial charge in [-0.2, -0.15) is 0 Å². The lowest BCUT2D eigenvalue weighted by molar-refractivity contribution is -0.153. The number of carboxylic acid groups (broad SMARTS) is 1. The number of benzene rings is 3. The van der Waals surface area contributed by atoms with E-state index in [1.54, 1.807) is 36.4 Å². The summed E-state index contributed by atoms with van der Waals surface area (Å²) in [6, 6.07) is 17.5. The van der Waals surface area contributed by atoms with Gasteiger partial charge in [0.2, 0.25) is 10.0 Å². The molecule has 0 aromatic heterocycles. The topological polar surface area (TPSA) is 139 Å². The van der Waals surface area contributed by atoms with Crippen LogP contribution in [0.1, 0.15) is 25.3 Å². The second-order valence-electron chi connectivity index (χ2n) is 9.23. The highest BCUT2D eigenvalue weighted by molar-refractivity contribution is 7.89. The van der Waals surface area contributed by atoms with Crippen molar-refractivity contribution in [2.24, 2.45) is 5.92 Å². The number of anilines is 1. The number of ketones is 1. The maximum atomic E-state index is 13.8. The first-order valence-electron chi connectivity index (χ1n) is 11.5. The minimum Gasteiger partial charge on any atom is -0.480 e. The fourth-order valence-corrected chi connectivity index (χ4v) is 5.95. The number of piperidine rings is 1. The van der Waals surface area contributed by atoms with Gasteiger partial charge in [-0.25, -0.2) is 17.9 Å². The molecule has 4 rings (SSSR count). The van der Waals surface area contributed by atoms with E-state index in [-0.39, 0.29) is 23.7 Å². The Balaban J connectivity index is 1.73. The lowest BCUT2D eigenvalue weighted by Gasteiger charge is -2.38. The van der Waals surface area contributed by atoms with Crippen LogP contribution < -0.4 is 15.8 Å². The maximum absolute atomic E-state index is 13.8. The monoisotopic (exact) mass is 495 g/mol. The third-order valence-corrected chi connectivity index (χ3v) is 8.01. The minimum atomic E-state index is -4.15. The molecule has 2 unspecified atom stereocenters. The Bertz CT molecular complexity index is 1370. The predicted octanol–water partition coefficient (Wildman–Crippen LogP) is 2.72. The highest BCUT2D eigenvalue weighted by Gasteiger charge is 2.51. The Hall–Kier alpha value is -3.27. The number of carbonyl (C=O) groups is 2. The zero-order chi connectivity index (χ0) is 25.2. The van der Waals surface area contributed by atoms with Gasteiger partial charge in [0.15, 0.2) is 11.3 Å². The highest BCUT2D eigenvalue weighted by Crippen LogP contribution is 2.28. The molecular weight excluding hydrogens is 466 g/mol. The predicted molar refractivity (Wildman–Crippen MR) is 134 cm³/mol. The summed E-state index contributed by atoms with van der Waals surface area (Å²) in [5, 5.41) is 14.6. The number of hydrogen-bond acceptors (Lipinski definition) is 6. The van der Waals surface area contributed by atoms with E-state index in [0.29, 0.717) is 17.8 Å². The van der Waals surface area contributed by atoms with E-state index in [0.717, 1.165) is 17.2 Å². The number of rotatable bonds is 8. The summed E-state index contributed by atoms with van der Waals surface area (Å²) in [5.41, 5.74) is 5.09. The Labute approximate surface area is 204 Å². The van der Waals surface area contributed by atoms with Crippen molar-refractivity contribution in [2.75, 3.05) is 12.3 Å². The second-order valence-corrected chi connectivity index (χ2v) is 10.9. The van der Waals surface area contributed by atoms with Crippen LogP contribution in [0.5, 0.6) is 0 Å².